The van der Waals surface area contributed by atoms with E-state index >= 15 is 0 Å². The lowest BCUT2D eigenvalue weighted by molar-refractivity contribution is -0.138. The summed E-state index contributed by atoms with van der Waals surface area (Å²) in [6.07, 6.45) is 3.27. The van der Waals surface area contributed by atoms with Crippen LogP contribution in [0.4, 0.5) is 0 Å². The molecule has 0 bridgehead atoms. The zero-order valence-corrected chi connectivity index (χ0v) is 21.8. The molecule has 0 amide bonds. The SMILES string of the molecule is C=CCOC(=O)C1=C(C)N=c2sc(=Cc3ccc(C)cc3)c(=O)n2C1c1ccc(OC(C)=O)c(OC)c1. The molecule has 8 nitrogen and oxygen atoms in total. The summed E-state index contributed by atoms with van der Waals surface area (Å²) in [6, 6.07) is 11.9. The van der Waals surface area contributed by atoms with Crippen molar-refractivity contribution in [2.24, 2.45) is 4.99 Å². The first kappa shape index (κ1) is 25.8. The van der Waals surface area contributed by atoms with E-state index in [0.717, 1.165) is 11.1 Å². The summed E-state index contributed by atoms with van der Waals surface area (Å²) in [7, 11) is 1.44. The van der Waals surface area contributed by atoms with Gasteiger partial charge in [0.15, 0.2) is 16.3 Å². The molecule has 1 atom stereocenters. The number of nitrogens with zero attached hydrogens (tertiary/aromatic N) is 2. The molecule has 0 aliphatic carbocycles. The zero-order valence-electron chi connectivity index (χ0n) is 20.9. The van der Waals surface area contributed by atoms with Gasteiger partial charge in [-0.3, -0.25) is 14.2 Å². The highest BCUT2D eigenvalue weighted by Gasteiger charge is 2.34. The van der Waals surface area contributed by atoms with Crippen LogP contribution in [0.15, 0.2) is 76.2 Å². The van der Waals surface area contributed by atoms with Crippen molar-refractivity contribution in [1.82, 2.24) is 4.57 Å². The van der Waals surface area contributed by atoms with Crippen LogP contribution in [0.1, 0.15) is 36.6 Å². The Bertz CT molecular complexity index is 1590. The third-order valence-corrected chi connectivity index (χ3v) is 6.69. The lowest BCUT2D eigenvalue weighted by atomic mass is 9.95. The van der Waals surface area contributed by atoms with Gasteiger partial charge in [-0.25, -0.2) is 9.79 Å². The number of aryl methyl sites for hydroxylation is 1. The van der Waals surface area contributed by atoms with Crippen molar-refractivity contribution in [3.8, 4) is 11.5 Å². The summed E-state index contributed by atoms with van der Waals surface area (Å²) in [5, 5.41) is 0. The number of thiazole rings is 1. The molecule has 0 radical (unpaired) electrons. The summed E-state index contributed by atoms with van der Waals surface area (Å²) in [5.41, 5.74) is 2.92. The van der Waals surface area contributed by atoms with Gasteiger partial charge in [-0.05, 0) is 43.2 Å². The largest absolute Gasteiger partial charge is 0.493 e. The van der Waals surface area contributed by atoms with Crippen molar-refractivity contribution in [2.45, 2.75) is 26.8 Å². The fourth-order valence-electron chi connectivity index (χ4n) is 4.02. The van der Waals surface area contributed by atoms with Crippen LogP contribution in [0.5, 0.6) is 11.5 Å². The minimum Gasteiger partial charge on any atom is -0.493 e. The van der Waals surface area contributed by atoms with E-state index in [9.17, 15) is 14.4 Å². The number of methoxy groups -OCH3 is 1. The number of ether oxygens (including phenoxy) is 3. The van der Waals surface area contributed by atoms with E-state index < -0.39 is 18.0 Å². The average molecular weight is 519 g/mol. The van der Waals surface area contributed by atoms with Crippen LogP contribution in [0.25, 0.3) is 6.08 Å². The number of aromatic nitrogens is 1. The Morgan fingerprint density at radius 1 is 1.14 bits per heavy atom. The smallest absolute Gasteiger partial charge is 0.338 e. The van der Waals surface area contributed by atoms with Crippen molar-refractivity contribution in [3.63, 3.8) is 0 Å². The van der Waals surface area contributed by atoms with Gasteiger partial charge in [0.2, 0.25) is 0 Å². The Morgan fingerprint density at radius 2 is 1.86 bits per heavy atom. The molecule has 1 unspecified atom stereocenters. The molecule has 0 fully saturated rings. The summed E-state index contributed by atoms with van der Waals surface area (Å²) in [6.45, 7) is 8.60. The Balaban J connectivity index is 1.93. The average Bonchev–Trinajstić information content (AvgIpc) is 3.17. The molecule has 0 saturated heterocycles. The standard InChI is InChI=1S/C28H26N2O6S/c1-6-13-35-27(33)24-17(3)29-28-30(26(32)23(37-28)14-19-9-7-16(2)8-10-19)25(24)20-11-12-21(36-18(4)31)22(15-20)34-5/h6-12,14-15,25H,1,13H2,2-5H3. The van der Waals surface area contributed by atoms with Gasteiger partial charge in [0.25, 0.3) is 5.56 Å². The highest BCUT2D eigenvalue weighted by atomic mass is 32.1. The van der Waals surface area contributed by atoms with Crippen molar-refractivity contribution in [3.05, 3.63) is 103 Å². The number of carbonyl (C=O) groups is 2. The van der Waals surface area contributed by atoms with Crippen molar-refractivity contribution in [2.75, 3.05) is 13.7 Å². The number of esters is 2. The van der Waals surface area contributed by atoms with Crippen LogP contribution in [0.3, 0.4) is 0 Å². The lowest BCUT2D eigenvalue weighted by Crippen LogP contribution is -2.40. The van der Waals surface area contributed by atoms with E-state index in [4.69, 9.17) is 14.2 Å². The van der Waals surface area contributed by atoms with Gasteiger partial charge < -0.3 is 14.2 Å². The number of fused-ring (bicyclic) bond motifs is 1. The summed E-state index contributed by atoms with van der Waals surface area (Å²) >= 11 is 1.24. The number of rotatable bonds is 7. The second-order valence-electron chi connectivity index (χ2n) is 8.38. The third kappa shape index (κ3) is 5.31. The van der Waals surface area contributed by atoms with Gasteiger partial charge in [-0.15, -0.1) is 0 Å². The molecule has 1 aromatic heterocycles. The number of allylic oxidation sites excluding steroid dienone is 1. The van der Waals surface area contributed by atoms with Crippen LogP contribution >= 0.6 is 11.3 Å². The molecule has 37 heavy (non-hydrogen) atoms. The van der Waals surface area contributed by atoms with Crippen LogP contribution in [-0.4, -0.2) is 30.2 Å². The monoisotopic (exact) mass is 518 g/mol. The molecule has 1 aliphatic rings. The molecule has 4 rings (SSSR count). The maximum absolute atomic E-state index is 13.7. The number of hydrogen-bond donors (Lipinski definition) is 0. The Morgan fingerprint density at radius 3 is 2.51 bits per heavy atom. The molecule has 190 valence electrons. The second-order valence-corrected chi connectivity index (χ2v) is 9.39. The molecular weight excluding hydrogens is 492 g/mol. The van der Waals surface area contributed by atoms with Crippen LogP contribution in [0.2, 0.25) is 0 Å². The van der Waals surface area contributed by atoms with Crippen LogP contribution in [-0.2, 0) is 14.3 Å². The molecule has 0 spiro atoms. The van der Waals surface area contributed by atoms with Gasteiger partial charge >= 0.3 is 11.9 Å². The first-order valence-electron chi connectivity index (χ1n) is 11.5. The van der Waals surface area contributed by atoms with E-state index in [2.05, 4.69) is 11.6 Å². The minimum absolute atomic E-state index is 0.00882. The number of carbonyl (C=O) groups excluding carboxylic acids is 2. The highest BCUT2D eigenvalue weighted by molar-refractivity contribution is 7.07. The van der Waals surface area contributed by atoms with E-state index in [1.165, 1.54) is 36.0 Å². The molecular formula is C28H26N2O6S. The quantitative estimate of drug-likeness (QED) is 0.271. The molecule has 2 heterocycles. The zero-order chi connectivity index (χ0) is 26.7. The van der Waals surface area contributed by atoms with Crippen LogP contribution in [0, 0.1) is 6.92 Å². The third-order valence-electron chi connectivity index (χ3n) is 5.71. The predicted octanol–water partition coefficient (Wildman–Crippen LogP) is 3.21. The molecule has 0 N–H and O–H groups in total. The Labute approximate surface area is 217 Å². The first-order valence-corrected chi connectivity index (χ1v) is 12.3. The maximum atomic E-state index is 13.7. The van der Waals surface area contributed by atoms with E-state index in [1.807, 2.05) is 31.2 Å². The second kappa shape index (κ2) is 10.8. The molecule has 0 saturated carbocycles. The maximum Gasteiger partial charge on any atom is 0.338 e. The molecule has 9 heteroatoms. The van der Waals surface area contributed by atoms with Crippen molar-refractivity contribution < 1.29 is 23.8 Å². The van der Waals surface area contributed by atoms with Gasteiger partial charge in [0, 0.05) is 6.92 Å². The summed E-state index contributed by atoms with van der Waals surface area (Å²) in [5.74, 6) is -0.605. The summed E-state index contributed by atoms with van der Waals surface area (Å²) in [4.78, 5) is 43.4. The topological polar surface area (TPSA) is 96.2 Å². The lowest BCUT2D eigenvalue weighted by Gasteiger charge is -2.25. The predicted molar refractivity (Wildman–Crippen MR) is 140 cm³/mol. The molecule has 1 aliphatic heterocycles. The molecule has 2 aromatic carbocycles. The van der Waals surface area contributed by atoms with Gasteiger partial charge in [0.05, 0.1) is 29.0 Å². The van der Waals surface area contributed by atoms with E-state index in [0.29, 0.717) is 20.6 Å². The normalized spacial score (nSPS) is 15.0. The minimum atomic E-state index is -0.839. The number of hydrogen-bond acceptors (Lipinski definition) is 8. The van der Waals surface area contributed by atoms with Crippen LogP contribution < -0.4 is 24.4 Å². The van der Waals surface area contributed by atoms with Gasteiger partial charge in [0.1, 0.15) is 6.61 Å². The Kier molecular flexibility index (Phi) is 7.54. The fourth-order valence-corrected chi connectivity index (χ4v) is 5.06. The summed E-state index contributed by atoms with van der Waals surface area (Å²) < 4.78 is 18.0. The van der Waals surface area contributed by atoms with Crippen molar-refractivity contribution in [1.29, 1.82) is 0 Å². The molecule has 3 aromatic rings. The van der Waals surface area contributed by atoms with E-state index in [1.54, 1.807) is 31.2 Å². The van der Waals surface area contributed by atoms with Gasteiger partial charge in [-0.1, -0.05) is 59.9 Å². The Hall–Kier alpha value is -4.24. The highest BCUT2D eigenvalue weighted by Crippen LogP contribution is 2.36. The van der Waals surface area contributed by atoms with E-state index in [-0.39, 0.29) is 29.2 Å². The van der Waals surface area contributed by atoms with Crippen molar-refractivity contribution >= 4 is 29.4 Å². The van der Waals surface area contributed by atoms with Gasteiger partial charge in [-0.2, -0.15) is 0 Å². The first-order chi connectivity index (χ1) is 17.7. The fraction of sp³-hybridized carbons (Fsp3) is 0.214. The number of benzene rings is 2.